The average Bonchev–Trinajstić information content (AvgIpc) is 3.32. The van der Waals surface area contributed by atoms with Crippen LogP contribution in [0.3, 0.4) is 0 Å². The molecular formula is C18H36N4O3. The molecule has 1 aliphatic rings. The molecule has 0 heterocycles. The monoisotopic (exact) mass is 356 g/mol. The Balaban J connectivity index is 2.20. The van der Waals surface area contributed by atoms with Crippen molar-refractivity contribution < 1.29 is 14.3 Å². The molecule has 1 fully saturated rings. The minimum atomic E-state index is -0.468. The van der Waals surface area contributed by atoms with E-state index in [2.05, 4.69) is 27.4 Å². The summed E-state index contributed by atoms with van der Waals surface area (Å²) in [6.07, 6.45) is 3.02. The first-order valence-electron chi connectivity index (χ1n) is 9.36. The summed E-state index contributed by atoms with van der Waals surface area (Å²) in [5, 5.41) is 6.03. The molecule has 0 spiro atoms. The van der Waals surface area contributed by atoms with Crippen molar-refractivity contribution in [2.24, 2.45) is 10.9 Å². The first-order chi connectivity index (χ1) is 11.8. The number of nitrogens with zero attached hydrogens (tertiary/aromatic N) is 2. The Morgan fingerprint density at radius 1 is 1.28 bits per heavy atom. The van der Waals surface area contributed by atoms with Gasteiger partial charge in [-0.2, -0.15) is 0 Å². The number of amides is 1. The lowest BCUT2D eigenvalue weighted by Gasteiger charge is -2.22. The van der Waals surface area contributed by atoms with E-state index in [-0.39, 0.29) is 6.09 Å². The topological polar surface area (TPSA) is 75.2 Å². The number of likely N-dealkylation sites (N-methyl/N-ethyl adjacent to an activating group) is 1. The lowest BCUT2D eigenvalue weighted by molar-refractivity contribution is 0.0527. The van der Waals surface area contributed by atoms with E-state index in [1.54, 1.807) is 0 Å². The van der Waals surface area contributed by atoms with Gasteiger partial charge >= 0.3 is 6.09 Å². The van der Waals surface area contributed by atoms with Crippen molar-refractivity contribution in [1.82, 2.24) is 15.5 Å². The summed E-state index contributed by atoms with van der Waals surface area (Å²) in [5.41, 5.74) is -0.468. The van der Waals surface area contributed by atoms with Gasteiger partial charge in [0, 0.05) is 39.8 Å². The van der Waals surface area contributed by atoms with Crippen LogP contribution < -0.4 is 10.6 Å². The van der Waals surface area contributed by atoms with E-state index in [1.165, 1.54) is 12.8 Å². The van der Waals surface area contributed by atoms with Gasteiger partial charge in [-0.15, -0.1) is 0 Å². The SMILES string of the molecule is CCNC(=NCCCNC(=O)OC(C)(C)C)N(C)CCOCC1CC1. The van der Waals surface area contributed by atoms with E-state index in [1.807, 2.05) is 27.8 Å². The summed E-state index contributed by atoms with van der Waals surface area (Å²) in [5.74, 6) is 1.67. The number of hydrogen-bond donors (Lipinski definition) is 2. The van der Waals surface area contributed by atoms with Crippen LogP contribution in [0.15, 0.2) is 4.99 Å². The van der Waals surface area contributed by atoms with Gasteiger partial charge in [-0.05, 0) is 52.9 Å². The van der Waals surface area contributed by atoms with Gasteiger partial charge < -0.3 is 25.0 Å². The quantitative estimate of drug-likeness (QED) is 0.357. The van der Waals surface area contributed by atoms with Gasteiger partial charge in [0.05, 0.1) is 6.61 Å². The number of nitrogens with one attached hydrogen (secondary N) is 2. The lowest BCUT2D eigenvalue weighted by Crippen LogP contribution is -2.40. The van der Waals surface area contributed by atoms with Crippen molar-refractivity contribution in [2.45, 2.75) is 52.6 Å². The van der Waals surface area contributed by atoms with Crippen LogP contribution in [0.25, 0.3) is 0 Å². The van der Waals surface area contributed by atoms with Crippen LogP contribution >= 0.6 is 0 Å². The Morgan fingerprint density at radius 3 is 2.60 bits per heavy atom. The Kier molecular flexibility index (Phi) is 9.63. The Bertz CT molecular complexity index is 417. The summed E-state index contributed by atoms with van der Waals surface area (Å²) in [6, 6.07) is 0. The van der Waals surface area contributed by atoms with Gasteiger partial charge in [0.15, 0.2) is 5.96 Å². The maximum atomic E-state index is 11.6. The summed E-state index contributed by atoms with van der Waals surface area (Å²) in [6.45, 7) is 12.0. The van der Waals surface area contributed by atoms with E-state index in [9.17, 15) is 4.79 Å². The molecule has 25 heavy (non-hydrogen) atoms. The number of rotatable bonds is 10. The average molecular weight is 357 g/mol. The third-order valence-electron chi connectivity index (χ3n) is 3.58. The highest BCUT2D eigenvalue weighted by Crippen LogP contribution is 2.28. The fraction of sp³-hybridized carbons (Fsp3) is 0.889. The number of ether oxygens (including phenoxy) is 2. The van der Waals surface area contributed by atoms with Gasteiger partial charge in [-0.1, -0.05) is 0 Å². The standard InChI is InChI=1S/C18H36N4O3/c1-6-19-16(22(5)12-13-24-14-15-8-9-15)20-10-7-11-21-17(23)25-18(2,3)4/h15H,6-14H2,1-5H3,(H,19,20)(H,21,23). The predicted molar refractivity (Wildman–Crippen MR) is 101 cm³/mol. The van der Waals surface area contributed by atoms with E-state index in [0.717, 1.165) is 44.6 Å². The van der Waals surface area contributed by atoms with Crippen LogP contribution in [0.2, 0.25) is 0 Å². The minimum absolute atomic E-state index is 0.381. The summed E-state index contributed by atoms with van der Waals surface area (Å²) >= 11 is 0. The molecular weight excluding hydrogens is 320 g/mol. The molecule has 0 atom stereocenters. The highest BCUT2D eigenvalue weighted by atomic mass is 16.6. The van der Waals surface area contributed by atoms with E-state index >= 15 is 0 Å². The molecule has 0 bridgehead atoms. The molecule has 0 aliphatic heterocycles. The molecule has 1 saturated carbocycles. The van der Waals surface area contributed by atoms with Crippen molar-refractivity contribution in [3.8, 4) is 0 Å². The normalized spacial score (nSPS) is 15.0. The number of aliphatic imine (C=N–C) groups is 1. The summed E-state index contributed by atoms with van der Waals surface area (Å²) in [7, 11) is 2.01. The van der Waals surface area contributed by atoms with Crippen LogP contribution in [0, 0.1) is 5.92 Å². The predicted octanol–water partition coefficient (Wildman–Crippen LogP) is 2.23. The molecule has 7 nitrogen and oxygen atoms in total. The number of guanidine groups is 1. The molecule has 146 valence electrons. The van der Waals surface area contributed by atoms with Crippen molar-refractivity contribution in [3.05, 3.63) is 0 Å². The van der Waals surface area contributed by atoms with Crippen molar-refractivity contribution in [1.29, 1.82) is 0 Å². The molecule has 1 aliphatic carbocycles. The van der Waals surface area contributed by atoms with Crippen molar-refractivity contribution in [3.63, 3.8) is 0 Å². The zero-order valence-electron chi connectivity index (χ0n) is 16.6. The van der Waals surface area contributed by atoms with Crippen molar-refractivity contribution in [2.75, 3.05) is 46.4 Å². The smallest absolute Gasteiger partial charge is 0.407 e. The van der Waals surface area contributed by atoms with Gasteiger partial charge in [0.2, 0.25) is 0 Å². The molecule has 7 heteroatoms. The Labute approximate surface area is 152 Å². The minimum Gasteiger partial charge on any atom is -0.444 e. The third-order valence-corrected chi connectivity index (χ3v) is 3.58. The highest BCUT2D eigenvalue weighted by Gasteiger charge is 2.21. The maximum absolute atomic E-state index is 11.6. The van der Waals surface area contributed by atoms with Crippen LogP contribution in [0.5, 0.6) is 0 Å². The second-order valence-electron chi connectivity index (χ2n) is 7.46. The second-order valence-corrected chi connectivity index (χ2v) is 7.46. The van der Waals surface area contributed by atoms with Crippen molar-refractivity contribution >= 4 is 12.1 Å². The van der Waals surface area contributed by atoms with Gasteiger partial charge in [0.25, 0.3) is 0 Å². The lowest BCUT2D eigenvalue weighted by atomic mass is 10.2. The van der Waals surface area contributed by atoms with Gasteiger partial charge in [0.1, 0.15) is 5.60 Å². The highest BCUT2D eigenvalue weighted by molar-refractivity contribution is 5.79. The van der Waals surface area contributed by atoms with Crippen LogP contribution in [0.1, 0.15) is 47.0 Å². The Morgan fingerprint density at radius 2 is 2.00 bits per heavy atom. The molecule has 0 aromatic heterocycles. The third kappa shape index (κ3) is 11.6. The van der Waals surface area contributed by atoms with E-state index < -0.39 is 5.60 Å². The van der Waals surface area contributed by atoms with E-state index in [4.69, 9.17) is 9.47 Å². The molecule has 0 radical (unpaired) electrons. The molecule has 1 amide bonds. The van der Waals surface area contributed by atoms with Gasteiger partial charge in [-0.3, -0.25) is 4.99 Å². The molecule has 0 aromatic carbocycles. The largest absolute Gasteiger partial charge is 0.444 e. The first-order valence-corrected chi connectivity index (χ1v) is 9.36. The first kappa shape index (κ1) is 21.5. The molecule has 0 unspecified atom stereocenters. The van der Waals surface area contributed by atoms with Crippen LogP contribution in [-0.4, -0.2) is 69.0 Å². The number of hydrogen-bond acceptors (Lipinski definition) is 4. The molecule has 0 saturated heterocycles. The maximum Gasteiger partial charge on any atom is 0.407 e. The van der Waals surface area contributed by atoms with Crippen LogP contribution in [0.4, 0.5) is 4.79 Å². The summed E-state index contributed by atoms with van der Waals surface area (Å²) < 4.78 is 10.9. The molecule has 0 aromatic rings. The second kappa shape index (κ2) is 11.2. The zero-order valence-corrected chi connectivity index (χ0v) is 16.6. The molecule has 2 N–H and O–H groups in total. The fourth-order valence-electron chi connectivity index (χ4n) is 2.08. The van der Waals surface area contributed by atoms with E-state index in [0.29, 0.717) is 13.1 Å². The number of carbonyl (C=O) groups is 1. The Hall–Kier alpha value is -1.50. The summed E-state index contributed by atoms with van der Waals surface area (Å²) in [4.78, 5) is 18.2. The van der Waals surface area contributed by atoms with Crippen LogP contribution in [-0.2, 0) is 9.47 Å². The number of carbonyl (C=O) groups excluding carboxylic acids is 1. The number of alkyl carbamates (subject to hydrolysis) is 1. The fourth-order valence-corrected chi connectivity index (χ4v) is 2.08. The molecule has 1 rings (SSSR count). The zero-order chi connectivity index (χ0) is 18.7. The van der Waals surface area contributed by atoms with Gasteiger partial charge in [-0.25, -0.2) is 4.79 Å².